The van der Waals surface area contributed by atoms with Crippen molar-refractivity contribution in [2.75, 3.05) is 11.9 Å². The van der Waals surface area contributed by atoms with Gasteiger partial charge in [-0.15, -0.1) is 0 Å². The minimum absolute atomic E-state index is 0.0184. The molecule has 3 aliphatic heterocycles. The molecule has 0 radical (unpaired) electrons. The number of primary amides is 1. The van der Waals surface area contributed by atoms with Gasteiger partial charge in [0.15, 0.2) is 0 Å². The monoisotopic (exact) mass is 633 g/mol. The van der Waals surface area contributed by atoms with E-state index in [0.717, 1.165) is 18.9 Å². The molecule has 2 saturated heterocycles. The van der Waals surface area contributed by atoms with Crippen molar-refractivity contribution in [2.24, 2.45) is 22.1 Å². The summed E-state index contributed by atoms with van der Waals surface area (Å²) in [5.41, 5.74) is 4.06. The minimum Gasteiger partial charge on any atom is -0.376 e. The van der Waals surface area contributed by atoms with Gasteiger partial charge in [-0.05, 0) is 67.7 Å². The standard InChI is InChI=1S/C31H38Cl2FN5O4/c1-17(32)36-13-8-22(34)25-26(27(41)37-19-5-6-20(43-16-19)15-24(35)40)39-30(11-9-29(2,3)10-12-30)31(25)21-7-4-18(33)14-23(21)38-28(31)42/h4,7-8,13-14,19-20,25-26,39H,1,5-6,9-12,15-16H2,2-3H3,(H2,35,40)(H,37,41)(H,38,42)/b22-8-,36-13-/t19-,20+,25+,26-,31-/m1/s1. The first kappa shape index (κ1) is 31.6. The Morgan fingerprint density at radius 1 is 1.26 bits per heavy atom. The highest BCUT2D eigenvalue weighted by Crippen LogP contribution is 2.62. The predicted octanol–water partition coefficient (Wildman–Crippen LogP) is 4.63. The highest BCUT2D eigenvalue weighted by atomic mass is 35.5. The van der Waals surface area contributed by atoms with E-state index < -0.39 is 40.6 Å². The zero-order chi connectivity index (χ0) is 31.2. The van der Waals surface area contributed by atoms with E-state index in [1.54, 1.807) is 18.2 Å². The molecule has 5 atom stereocenters. The first-order chi connectivity index (χ1) is 20.3. The molecule has 5 N–H and O–H groups in total. The molecule has 1 aromatic rings. The van der Waals surface area contributed by atoms with Gasteiger partial charge in [0.25, 0.3) is 0 Å². The molecular weight excluding hydrogens is 596 g/mol. The summed E-state index contributed by atoms with van der Waals surface area (Å²) in [5.74, 6) is -3.16. The Morgan fingerprint density at radius 3 is 2.60 bits per heavy atom. The van der Waals surface area contributed by atoms with Crippen molar-refractivity contribution >= 4 is 52.8 Å². The maximum atomic E-state index is 16.7. The Bertz CT molecular complexity index is 1380. The molecule has 0 aromatic heterocycles. The van der Waals surface area contributed by atoms with Gasteiger partial charge >= 0.3 is 0 Å². The van der Waals surface area contributed by atoms with E-state index >= 15 is 4.39 Å². The largest absolute Gasteiger partial charge is 0.376 e. The normalized spacial score (nSPS) is 31.3. The van der Waals surface area contributed by atoms with Crippen LogP contribution in [0.1, 0.15) is 64.4 Å². The van der Waals surface area contributed by atoms with Gasteiger partial charge in [-0.3, -0.25) is 19.7 Å². The fourth-order valence-corrected chi connectivity index (χ4v) is 7.73. The third-order valence-corrected chi connectivity index (χ3v) is 9.96. The SMILES string of the molecule is C=C(Cl)/N=C\C=C(/F)[C@H]1[C@H](C(=O)N[C@@H]2CC[C@@H](CC(N)=O)OC2)NC2(CCC(C)(C)CC2)[C@@]12C(=O)Nc1cc(Cl)ccc12. The molecule has 0 unspecified atom stereocenters. The lowest BCUT2D eigenvalue weighted by atomic mass is 9.54. The molecule has 4 aliphatic rings. The van der Waals surface area contributed by atoms with E-state index in [1.807, 2.05) is 0 Å². The first-order valence-electron chi connectivity index (χ1n) is 14.6. The van der Waals surface area contributed by atoms with E-state index in [-0.39, 0.29) is 41.7 Å². The van der Waals surface area contributed by atoms with Crippen LogP contribution in [0.25, 0.3) is 0 Å². The summed E-state index contributed by atoms with van der Waals surface area (Å²) in [5, 5.41) is 9.94. The maximum Gasteiger partial charge on any atom is 0.238 e. The molecule has 5 rings (SSSR count). The lowest BCUT2D eigenvalue weighted by Gasteiger charge is -2.50. The molecule has 3 amide bonds. The summed E-state index contributed by atoms with van der Waals surface area (Å²) < 4.78 is 22.4. The Balaban J connectivity index is 1.57. The van der Waals surface area contributed by atoms with Gasteiger partial charge in [0, 0.05) is 22.5 Å². The summed E-state index contributed by atoms with van der Waals surface area (Å²) in [6, 6.07) is 3.67. The quantitative estimate of drug-likeness (QED) is 0.256. The van der Waals surface area contributed by atoms with Gasteiger partial charge in [0.2, 0.25) is 17.7 Å². The molecular formula is C31H38Cl2FN5O4. The van der Waals surface area contributed by atoms with E-state index in [0.29, 0.717) is 42.0 Å². The van der Waals surface area contributed by atoms with Crippen molar-refractivity contribution < 1.29 is 23.5 Å². The molecule has 1 aromatic carbocycles. The van der Waals surface area contributed by atoms with Gasteiger partial charge < -0.3 is 21.1 Å². The summed E-state index contributed by atoms with van der Waals surface area (Å²) >= 11 is 12.1. The number of nitrogens with zero attached hydrogens (tertiary/aromatic N) is 1. The van der Waals surface area contributed by atoms with Gasteiger partial charge in [0.1, 0.15) is 16.4 Å². The Kier molecular flexibility index (Phi) is 8.79. The number of nitrogens with two attached hydrogens (primary N) is 1. The summed E-state index contributed by atoms with van der Waals surface area (Å²) in [7, 11) is 0. The Labute approximate surface area is 260 Å². The number of nitrogens with one attached hydrogen (secondary N) is 3. The molecule has 3 fully saturated rings. The number of rotatable bonds is 7. The molecule has 9 nitrogen and oxygen atoms in total. The number of fused-ring (bicyclic) bond motifs is 3. The molecule has 43 heavy (non-hydrogen) atoms. The van der Waals surface area contributed by atoms with Crippen LogP contribution in [0.4, 0.5) is 10.1 Å². The third kappa shape index (κ3) is 5.87. The van der Waals surface area contributed by atoms with E-state index in [2.05, 4.69) is 41.4 Å². The van der Waals surface area contributed by atoms with E-state index in [4.69, 9.17) is 33.7 Å². The minimum atomic E-state index is -1.45. The Morgan fingerprint density at radius 2 is 1.98 bits per heavy atom. The van der Waals surface area contributed by atoms with Crippen molar-refractivity contribution in [1.29, 1.82) is 0 Å². The van der Waals surface area contributed by atoms with Crippen molar-refractivity contribution in [2.45, 2.75) is 87.9 Å². The average Bonchev–Trinajstić information content (AvgIpc) is 3.39. The third-order valence-electron chi connectivity index (χ3n) is 9.63. The highest BCUT2D eigenvalue weighted by molar-refractivity contribution is 6.31. The lowest BCUT2D eigenvalue weighted by Crippen LogP contribution is -2.62. The van der Waals surface area contributed by atoms with Gasteiger partial charge in [0.05, 0.1) is 37.1 Å². The number of hydrogen-bond acceptors (Lipinski definition) is 6. The number of anilines is 1. The summed E-state index contributed by atoms with van der Waals surface area (Å²) in [6.45, 7) is 8.05. The number of ether oxygens (including phenoxy) is 1. The smallest absolute Gasteiger partial charge is 0.238 e. The van der Waals surface area contributed by atoms with Crippen LogP contribution in [0.3, 0.4) is 0 Å². The number of aliphatic imine (C=N–C) groups is 1. The van der Waals surface area contributed by atoms with Crippen LogP contribution >= 0.6 is 23.2 Å². The van der Waals surface area contributed by atoms with Gasteiger partial charge in [-0.1, -0.05) is 49.7 Å². The number of benzene rings is 1. The fourth-order valence-electron chi connectivity index (χ4n) is 7.50. The highest BCUT2D eigenvalue weighted by Gasteiger charge is 2.73. The molecule has 1 aliphatic carbocycles. The number of carbonyl (C=O) groups is 3. The summed E-state index contributed by atoms with van der Waals surface area (Å²) in [6.07, 6.45) is 5.90. The molecule has 3 heterocycles. The zero-order valence-corrected chi connectivity index (χ0v) is 25.9. The number of allylic oxidation sites excluding steroid dienone is 1. The first-order valence-corrected chi connectivity index (χ1v) is 15.4. The summed E-state index contributed by atoms with van der Waals surface area (Å²) in [4.78, 5) is 43.7. The predicted molar refractivity (Wildman–Crippen MR) is 165 cm³/mol. The van der Waals surface area contributed by atoms with E-state index in [1.165, 1.54) is 6.21 Å². The number of carbonyl (C=O) groups excluding carboxylic acids is 3. The second-order valence-corrected chi connectivity index (χ2v) is 13.8. The van der Waals surface area contributed by atoms with Crippen molar-refractivity contribution in [3.63, 3.8) is 0 Å². The zero-order valence-electron chi connectivity index (χ0n) is 24.4. The molecule has 232 valence electrons. The van der Waals surface area contributed by atoms with Gasteiger partial charge in [-0.25, -0.2) is 9.38 Å². The van der Waals surface area contributed by atoms with Crippen LogP contribution in [0.5, 0.6) is 0 Å². The van der Waals surface area contributed by atoms with Crippen LogP contribution < -0.4 is 21.7 Å². The number of hydrogen-bond donors (Lipinski definition) is 4. The second kappa shape index (κ2) is 12.0. The van der Waals surface area contributed by atoms with Crippen molar-refractivity contribution in [1.82, 2.24) is 10.6 Å². The van der Waals surface area contributed by atoms with E-state index in [9.17, 15) is 14.4 Å². The van der Waals surface area contributed by atoms with Crippen molar-refractivity contribution in [3.8, 4) is 0 Å². The molecule has 12 heteroatoms. The second-order valence-electron chi connectivity index (χ2n) is 12.9. The fraction of sp³-hybridized carbons (Fsp3) is 0.548. The van der Waals surface area contributed by atoms with Crippen LogP contribution in [0, 0.1) is 11.3 Å². The average molecular weight is 635 g/mol. The lowest BCUT2D eigenvalue weighted by molar-refractivity contribution is -0.128. The molecule has 0 bridgehead atoms. The van der Waals surface area contributed by atoms with Crippen LogP contribution in [-0.2, 0) is 24.5 Å². The maximum absolute atomic E-state index is 16.7. The Hall–Kier alpha value is -2.79. The number of halogens is 3. The van der Waals surface area contributed by atoms with Crippen molar-refractivity contribution in [3.05, 3.63) is 52.4 Å². The topological polar surface area (TPSA) is 135 Å². The molecule has 1 saturated carbocycles. The van der Waals surface area contributed by atoms with Gasteiger partial charge in [-0.2, -0.15) is 0 Å². The van der Waals surface area contributed by atoms with Crippen LogP contribution in [0.2, 0.25) is 5.02 Å². The van der Waals surface area contributed by atoms with Crippen LogP contribution in [0.15, 0.2) is 46.8 Å². The van der Waals surface area contributed by atoms with Crippen LogP contribution in [-0.4, -0.2) is 54.3 Å². The molecule has 2 spiro atoms. The number of amides is 3.